The van der Waals surface area contributed by atoms with E-state index < -0.39 is 0 Å². The number of halogens is 2. The van der Waals surface area contributed by atoms with Crippen LogP contribution in [0.5, 0.6) is 0 Å². The van der Waals surface area contributed by atoms with Crippen LogP contribution in [0.15, 0.2) is 54.6 Å². The molecule has 0 aliphatic carbocycles. The molecule has 3 rings (SSSR count). The summed E-state index contributed by atoms with van der Waals surface area (Å²) in [5.41, 5.74) is 2.29. The summed E-state index contributed by atoms with van der Waals surface area (Å²) in [6.45, 7) is 1.83. The zero-order chi connectivity index (χ0) is 17.1. The van der Waals surface area contributed by atoms with Crippen LogP contribution < -0.4 is 5.32 Å². The van der Waals surface area contributed by atoms with Gasteiger partial charge in [0.05, 0.1) is 17.8 Å². The number of carbonyl (C=O) groups is 1. The third-order valence-corrected chi connectivity index (χ3v) is 3.70. The third kappa shape index (κ3) is 3.81. The van der Waals surface area contributed by atoms with Crippen molar-refractivity contribution in [1.29, 1.82) is 0 Å². The Labute approximate surface area is 143 Å². The van der Waals surface area contributed by atoms with Gasteiger partial charge in [0, 0.05) is 11.1 Å². The Morgan fingerprint density at radius 1 is 1.17 bits per heavy atom. The second-order valence-electron chi connectivity index (χ2n) is 5.41. The first-order valence-corrected chi connectivity index (χ1v) is 7.76. The van der Waals surface area contributed by atoms with Gasteiger partial charge in [-0.3, -0.25) is 4.79 Å². The van der Waals surface area contributed by atoms with Crippen molar-refractivity contribution in [2.24, 2.45) is 0 Å². The summed E-state index contributed by atoms with van der Waals surface area (Å²) in [7, 11) is 0. The van der Waals surface area contributed by atoms with Crippen molar-refractivity contribution in [3.8, 4) is 5.69 Å². The van der Waals surface area contributed by atoms with E-state index in [0.29, 0.717) is 16.5 Å². The van der Waals surface area contributed by atoms with Crippen LogP contribution in [0.25, 0.3) is 5.69 Å². The summed E-state index contributed by atoms with van der Waals surface area (Å²) < 4.78 is 14.7. The smallest absolute Gasteiger partial charge is 0.229 e. The van der Waals surface area contributed by atoms with Gasteiger partial charge >= 0.3 is 0 Å². The largest absolute Gasteiger partial charge is 0.310 e. The number of nitrogens with one attached hydrogen (secondary N) is 1. The summed E-state index contributed by atoms with van der Waals surface area (Å²) >= 11 is 5.84. The van der Waals surface area contributed by atoms with Gasteiger partial charge in [0.1, 0.15) is 11.6 Å². The van der Waals surface area contributed by atoms with Gasteiger partial charge in [-0.05, 0) is 48.9 Å². The molecule has 0 bridgehead atoms. The molecule has 0 saturated carbocycles. The number of hydrogen-bond acceptors (Lipinski definition) is 2. The Kier molecular flexibility index (Phi) is 4.62. The van der Waals surface area contributed by atoms with Gasteiger partial charge in [-0.25, -0.2) is 9.07 Å². The third-order valence-electron chi connectivity index (χ3n) is 3.45. The number of benzene rings is 2. The van der Waals surface area contributed by atoms with Gasteiger partial charge in [0.25, 0.3) is 0 Å². The minimum atomic E-state index is -0.323. The van der Waals surface area contributed by atoms with Crippen LogP contribution in [0.2, 0.25) is 5.02 Å². The van der Waals surface area contributed by atoms with Gasteiger partial charge in [0.15, 0.2) is 0 Å². The van der Waals surface area contributed by atoms with E-state index in [1.54, 1.807) is 35.0 Å². The lowest BCUT2D eigenvalue weighted by Crippen LogP contribution is -2.17. The molecular formula is C18H15ClFN3O. The quantitative estimate of drug-likeness (QED) is 0.773. The molecule has 0 aliphatic rings. The molecule has 3 aromatic rings. The van der Waals surface area contributed by atoms with Crippen LogP contribution in [0, 0.1) is 12.7 Å². The molecule has 1 heterocycles. The maximum Gasteiger partial charge on any atom is 0.229 e. The summed E-state index contributed by atoms with van der Waals surface area (Å²) in [5, 5.41) is 7.82. The molecule has 1 aromatic heterocycles. The molecule has 0 spiro atoms. The van der Waals surface area contributed by atoms with Crippen LogP contribution in [0.3, 0.4) is 0 Å². The monoisotopic (exact) mass is 343 g/mol. The lowest BCUT2D eigenvalue weighted by molar-refractivity contribution is -0.115. The second-order valence-corrected chi connectivity index (χ2v) is 5.85. The lowest BCUT2D eigenvalue weighted by atomic mass is 10.1. The highest BCUT2D eigenvalue weighted by Crippen LogP contribution is 2.18. The van der Waals surface area contributed by atoms with Crippen LogP contribution in [0.1, 0.15) is 11.3 Å². The summed E-state index contributed by atoms with van der Waals surface area (Å²) in [6, 6.07) is 14.8. The first kappa shape index (κ1) is 16.2. The van der Waals surface area contributed by atoms with Crippen molar-refractivity contribution in [3.05, 3.63) is 76.7 Å². The molecular weight excluding hydrogens is 329 g/mol. The summed E-state index contributed by atoms with van der Waals surface area (Å²) in [6.07, 6.45) is 0.227. The Morgan fingerprint density at radius 2 is 1.83 bits per heavy atom. The van der Waals surface area contributed by atoms with E-state index in [1.807, 2.05) is 19.1 Å². The standard InChI is InChI=1S/C18H15ClFN3O/c1-12-10-17(23(22-12)16-8-6-15(20)7-9-16)21-18(24)11-13-2-4-14(19)5-3-13/h2-10H,11H2,1H3,(H,21,24). The molecule has 2 aromatic carbocycles. The Morgan fingerprint density at radius 3 is 2.50 bits per heavy atom. The molecule has 0 atom stereocenters. The van der Waals surface area contributed by atoms with Gasteiger partial charge in [0.2, 0.25) is 5.91 Å². The highest BCUT2D eigenvalue weighted by Gasteiger charge is 2.11. The van der Waals surface area contributed by atoms with E-state index in [1.165, 1.54) is 12.1 Å². The highest BCUT2D eigenvalue weighted by atomic mass is 35.5. The first-order valence-electron chi connectivity index (χ1n) is 7.38. The molecule has 0 radical (unpaired) electrons. The molecule has 122 valence electrons. The Hall–Kier alpha value is -2.66. The second kappa shape index (κ2) is 6.84. The number of anilines is 1. The topological polar surface area (TPSA) is 46.9 Å². The highest BCUT2D eigenvalue weighted by molar-refractivity contribution is 6.30. The van der Waals surface area contributed by atoms with E-state index in [-0.39, 0.29) is 18.1 Å². The van der Waals surface area contributed by atoms with Crippen molar-refractivity contribution < 1.29 is 9.18 Å². The fourth-order valence-corrected chi connectivity index (χ4v) is 2.47. The van der Waals surface area contributed by atoms with E-state index in [2.05, 4.69) is 10.4 Å². The molecule has 0 saturated heterocycles. The average molecular weight is 344 g/mol. The number of amides is 1. The Bertz CT molecular complexity index is 857. The molecule has 0 fully saturated rings. The predicted molar refractivity (Wildman–Crippen MR) is 92.0 cm³/mol. The molecule has 24 heavy (non-hydrogen) atoms. The minimum absolute atomic E-state index is 0.166. The first-order chi connectivity index (χ1) is 11.5. The molecule has 1 amide bonds. The molecule has 0 aliphatic heterocycles. The summed E-state index contributed by atoms with van der Waals surface area (Å²) in [5.74, 6) is 0.0506. The number of nitrogens with zero attached hydrogens (tertiary/aromatic N) is 2. The van der Waals surface area contributed by atoms with Crippen LogP contribution in [-0.4, -0.2) is 15.7 Å². The van der Waals surface area contributed by atoms with Gasteiger partial charge in [-0.15, -0.1) is 0 Å². The van der Waals surface area contributed by atoms with E-state index in [4.69, 9.17) is 11.6 Å². The normalized spacial score (nSPS) is 10.6. The van der Waals surface area contributed by atoms with Crippen molar-refractivity contribution in [2.45, 2.75) is 13.3 Å². The zero-order valence-corrected chi connectivity index (χ0v) is 13.7. The van der Waals surface area contributed by atoms with Crippen molar-refractivity contribution in [2.75, 3.05) is 5.32 Å². The Balaban J connectivity index is 1.78. The van der Waals surface area contributed by atoms with Gasteiger partial charge in [-0.1, -0.05) is 23.7 Å². The molecule has 4 nitrogen and oxygen atoms in total. The lowest BCUT2D eigenvalue weighted by Gasteiger charge is -2.09. The van der Waals surface area contributed by atoms with Crippen molar-refractivity contribution >= 4 is 23.3 Å². The van der Waals surface area contributed by atoms with Crippen LogP contribution >= 0.6 is 11.6 Å². The van der Waals surface area contributed by atoms with E-state index >= 15 is 0 Å². The van der Waals surface area contributed by atoms with Gasteiger partial charge < -0.3 is 5.32 Å². The number of carbonyl (C=O) groups excluding carboxylic acids is 1. The molecule has 1 N–H and O–H groups in total. The number of hydrogen-bond donors (Lipinski definition) is 1. The number of aryl methyl sites for hydroxylation is 1. The maximum atomic E-state index is 13.1. The minimum Gasteiger partial charge on any atom is -0.310 e. The number of aromatic nitrogens is 2. The van der Waals surface area contributed by atoms with Crippen LogP contribution in [-0.2, 0) is 11.2 Å². The molecule has 6 heteroatoms. The zero-order valence-electron chi connectivity index (χ0n) is 13.0. The van der Waals surface area contributed by atoms with E-state index in [0.717, 1.165) is 11.3 Å². The van der Waals surface area contributed by atoms with Crippen molar-refractivity contribution in [1.82, 2.24) is 9.78 Å². The van der Waals surface area contributed by atoms with Crippen molar-refractivity contribution in [3.63, 3.8) is 0 Å². The van der Waals surface area contributed by atoms with Gasteiger partial charge in [-0.2, -0.15) is 5.10 Å². The molecule has 0 unspecified atom stereocenters. The fraction of sp³-hybridized carbons (Fsp3) is 0.111. The maximum absolute atomic E-state index is 13.1. The predicted octanol–water partition coefficient (Wildman–Crippen LogP) is 4.15. The van der Waals surface area contributed by atoms with E-state index in [9.17, 15) is 9.18 Å². The summed E-state index contributed by atoms with van der Waals surface area (Å²) in [4.78, 5) is 12.3. The van der Waals surface area contributed by atoms with Crippen LogP contribution in [0.4, 0.5) is 10.2 Å². The SMILES string of the molecule is Cc1cc(NC(=O)Cc2ccc(Cl)cc2)n(-c2ccc(F)cc2)n1. The number of rotatable bonds is 4. The fourth-order valence-electron chi connectivity index (χ4n) is 2.34. The average Bonchev–Trinajstić information content (AvgIpc) is 2.90.